The molecule has 1 aromatic carbocycles. The van der Waals surface area contributed by atoms with E-state index in [1.807, 2.05) is 30.3 Å². The summed E-state index contributed by atoms with van der Waals surface area (Å²) >= 11 is 0. The van der Waals surface area contributed by atoms with Crippen LogP contribution < -0.4 is 0 Å². The Hall–Kier alpha value is -1.30. The van der Waals surface area contributed by atoms with Crippen LogP contribution in [0, 0.1) is 0 Å². The van der Waals surface area contributed by atoms with Crippen LogP contribution in [0.15, 0.2) is 42.6 Å². The molecule has 0 heterocycles. The summed E-state index contributed by atoms with van der Waals surface area (Å²) in [5, 5.41) is 10.2. The molecule has 1 N–H and O–H groups in total. The van der Waals surface area contributed by atoms with Crippen LogP contribution in [0.2, 0.25) is 0 Å². The Labute approximate surface area is 84.4 Å². The van der Waals surface area contributed by atoms with E-state index in [4.69, 9.17) is 0 Å². The Kier molecular flexibility index (Phi) is 2.28. The van der Waals surface area contributed by atoms with E-state index >= 15 is 0 Å². The predicted molar refractivity (Wildman–Crippen MR) is 57.8 cm³/mol. The highest BCUT2D eigenvalue weighted by Crippen LogP contribution is 2.42. The van der Waals surface area contributed by atoms with Gasteiger partial charge < -0.3 is 5.11 Å². The monoisotopic (exact) mass is 186 g/mol. The summed E-state index contributed by atoms with van der Waals surface area (Å²) in [7, 11) is 0. The summed E-state index contributed by atoms with van der Waals surface area (Å²) in [6, 6.07) is 9.88. The number of hydrogen-bond donors (Lipinski definition) is 1. The fourth-order valence-electron chi connectivity index (χ4n) is 1.90. The van der Waals surface area contributed by atoms with Crippen molar-refractivity contribution in [2.75, 3.05) is 0 Å². The van der Waals surface area contributed by atoms with Crippen LogP contribution in [-0.4, -0.2) is 10.7 Å². The van der Waals surface area contributed by atoms with Crippen LogP contribution in [-0.2, 0) is 0 Å². The van der Waals surface area contributed by atoms with Gasteiger partial charge >= 0.3 is 0 Å². The van der Waals surface area contributed by atoms with E-state index < -0.39 is 5.60 Å². The lowest BCUT2D eigenvalue weighted by Gasteiger charge is -2.38. The third-order valence-electron chi connectivity index (χ3n) is 2.89. The molecule has 0 radical (unpaired) electrons. The number of benzene rings is 1. The summed E-state index contributed by atoms with van der Waals surface area (Å²) in [5.74, 6) is 0. The fraction of sp³-hybridized carbons (Fsp3) is 0.308. The summed E-state index contributed by atoms with van der Waals surface area (Å²) in [4.78, 5) is 0. The molecule has 72 valence electrons. The molecule has 1 aliphatic rings. The van der Waals surface area contributed by atoms with Crippen LogP contribution in [0.25, 0.3) is 5.57 Å². The van der Waals surface area contributed by atoms with Crippen molar-refractivity contribution in [1.82, 2.24) is 0 Å². The van der Waals surface area contributed by atoms with Crippen LogP contribution >= 0.6 is 0 Å². The molecule has 2 rings (SSSR count). The average Bonchev–Trinajstić information content (AvgIpc) is 2.18. The Morgan fingerprint density at radius 2 is 1.93 bits per heavy atom. The summed E-state index contributed by atoms with van der Waals surface area (Å²) in [5.41, 5.74) is 4.10. The van der Waals surface area contributed by atoms with Crippen molar-refractivity contribution < 1.29 is 5.11 Å². The Balaban J connectivity index is 2.37. The maximum absolute atomic E-state index is 10.2. The van der Waals surface area contributed by atoms with E-state index in [9.17, 15) is 5.11 Å². The third kappa shape index (κ3) is 1.41. The van der Waals surface area contributed by atoms with E-state index in [2.05, 4.69) is 12.3 Å². The zero-order chi connectivity index (χ0) is 10.0. The van der Waals surface area contributed by atoms with Gasteiger partial charge in [0, 0.05) is 5.57 Å². The Morgan fingerprint density at radius 1 is 1.29 bits per heavy atom. The molecule has 1 fully saturated rings. The van der Waals surface area contributed by atoms with E-state index in [-0.39, 0.29) is 0 Å². The van der Waals surface area contributed by atoms with Gasteiger partial charge in [-0.2, -0.15) is 0 Å². The molecule has 0 aromatic heterocycles. The van der Waals surface area contributed by atoms with E-state index in [0.29, 0.717) is 0 Å². The highest BCUT2D eigenvalue weighted by Gasteiger charge is 2.38. The topological polar surface area (TPSA) is 20.2 Å². The highest BCUT2D eigenvalue weighted by molar-refractivity contribution is 5.72. The SMILES string of the molecule is C=C=C(c1ccccc1)C1(O)CCC1. The molecule has 1 saturated carbocycles. The average molecular weight is 186 g/mol. The number of aliphatic hydroxyl groups is 1. The molecule has 1 aliphatic carbocycles. The second-order valence-corrected chi connectivity index (χ2v) is 3.80. The van der Waals surface area contributed by atoms with Gasteiger partial charge in [0.25, 0.3) is 0 Å². The lowest BCUT2D eigenvalue weighted by atomic mass is 9.73. The fourth-order valence-corrected chi connectivity index (χ4v) is 1.90. The van der Waals surface area contributed by atoms with Crippen molar-refractivity contribution >= 4 is 5.57 Å². The molecular formula is C13H14O. The number of rotatable bonds is 2. The molecule has 0 aliphatic heterocycles. The van der Waals surface area contributed by atoms with Gasteiger partial charge in [-0.15, -0.1) is 5.73 Å². The smallest absolute Gasteiger partial charge is 0.0973 e. The molecule has 0 bridgehead atoms. The zero-order valence-electron chi connectivity index (χ0n) is 8.16. The minimum absolute atomic E-state index is 0.664. The summed E-state index contributed by atoms with van der Waals surface area (Å²) in [6.45, 7) is 3.66. The minimum Gasteiger partial charge on any atom is -0.385 e. The second-order valence-electron chi connectivity index (χ2n) is 3.80. The van der Waals surface area contributed by atoms with Gasteiger partial charge in [0.15, 0.2) is 0 Å². The first kappa shape index (κ1) is 9.26. The van der Waals surface area contributed by atoms with Gasteiger partial charge in [-0.25, -0.2) is 0 Å². The predicted octanol–water partition coefficient (Wildman–Crippen LogP) is 2.77. The lowest BCUT2D eigenvalue weighted by Crippen LogP contribution is -2.37. The second kappa shape index (κ2) is 3.45. The van der Waals surface area contributed by atoms with Crippen molar-refractivity contribution in [2.24, 2.45) is 0 Å². The molecule has 1 aromatic rings. The normalized spacial score (nSPS) is 18.1. The van der Waals surface area contributed by atoms with Gasteiger partial charge in [-0.1, -0.05) is 36.9 Å². The van der Waals surface area contributed by atoms with Crippen molar-refractivity contribution in [2.45, 2.75) is 24.9 Å². The molecule has 0 atom stereocenters. The van der Waals surface area contributed by atoms with Crippen LogP contribution in [0.3, 0.4) is 0 Å². The van der Waals surface area contributed by atoms with Crippen molar-refractivity contribution in [1.29, 1.82) is 0 Å². The largest absolute Gasteiger partial charge is 0.385 e. The van der Waals surface area contributed by atoms with Gasteiger partial charge in [0.05, 0.1) is 5.60 Å². The molecule has 1 heteroatoms. The molecule has 0 saturated heterocycles. The minimum atomic E-state index is -0.664. The van der Waals surface area contributed by atoms with Gasteiger partial charge in [0.1, 0.15) is 0 Å². The standard InChI is InChI=1S/C13H14O/c1-2-12(13(14)9-6-10-13)11-7-4-3-5-8-11/h3-5,7-8,14H,1,6,9-10H2. The van der Waals surface area contributed by atoms with E-state index in [1.54, 1.807) is 0 Å². The molecule has 0 spiro atoms. The third-order valence-corrected chi connectivity index (χ3v) is 2.89. The van der Waals surface area contributed by atoms with Crippen molar-refractivity contribution in [3.05, 3.63) is 48.2 Å². The van der Waals surface area contributed by atoms with Crippen LogP contribution in [0.1, 0.15) is 24.8 Å². The van der Waals surface area contributed by atoms with Gasteiger partial charge in [-0.05, 0) is 24.8 Å². The molecule has 0 amide bonds. The first-order valence-corrected chi connectivity index (χ1v) is 4.94. The van der Waals surface area contributed by atoms with Crippen molar-refractivity contribution in [3.8, 4) is 0 Å². The molecular weight excluding hydrogens is 172 g/mol. The van der Waals surface area contributed by atoms with Gasteiger partial charge in [-0.3, -0.25) is 0 Å². The zero-order valence-corrected chi connectivity index (χ0v) is 8.16. The number of hydrogen-bond acceptors (Lipinski definition) is 1. The maximum Gasteiger partial charge on any atom is 0.0973 e. The Morgan fingerprint density at radius 3 is 2.36 bits per heavy atom. The molecule has 1 nitrogen and oxygen atoms in total. The van der Waals surface area contributed by atoms with Gasteiger partial charge in [0.2, 0.25) is 0 Å². The van der Waals surface area contributed by atoms with Crippen LogP contribution in [0.4, 0.5) is 0 Å². The highest BCUT2D eigenvalue weighted by atomic mass is 16.3. The first-order valence-electron chi connectivity index (χ1n) is 4.94. The van der Waals surface area contributed by atoms with E-state index in [1.165, 1.54) is 0 Å². The summed E-state index contributed by atoms with van der Waals surface area (Å²) in [6.07, 6.45) is 2.76. The maximum atomic E-state index is 10.2. The van der Waals surface area contributed by atoms with Crippen molar-refractivity contribution in [3.63, 3.8) is 0 Å². The lowest BCUT2D eigenvalue weighted by molar-refractivity contribution is 0.0246. The first-order chi connectivity index (χ1) is 6.76. The van der Waals surface area contributed by atoms with Crippen LogP contribution in [0.5, 0.6) is 0 Å². The Bertz CT molecular complexity index is 367. The van der Waals surface area contributed by atoms with E-state index in [0.717, 1.165) is 30.4 Å². The summed E-state index contributed by atoms with van der Waals surface area (Å²) < 4.78 is 0. The molecule has 14 heavy (non-hydrogen) atoms. The molecule has 0 unspecified atom stereocenters. The quantitative estimate of drug-likeness (QED) is 0.704.